The Balaban J connectivity index is 1.78. The number of nitrogens with zero attached hydrogens (tertiary/aromatic N) is 5. The molecule has 0 unspecified atom stereocenters. The van der Waals surface area contributed by atoms with Gasteiger partial charge in [-0.15, -0.1) is 0 Å². The minimum Gasteiger partial charge on any atom is -0.497 e. The molecular formula is C21H21N5O4. The molecule has 4 aromatic rings. The van der Waals surface area contributed by atoms with E-state index in [2.05, 4.69) is 20.5 Å². The van der Waals surface area contributed by atoms with Gasteiger partial charge in [0, 0.05) is 12.1 Å². The largest absolute Gasteiger partial charge is 0.497 e. The summed E-state index contributed by atoms with van der Waals surface area (Å²) >= 11 is 0. The Morgan fingerprint density at radius 2 is 1.87 bits per heavy atom. The summed E-state index contributed by atoms with van der Waals surface area (Å²) < 4.78 is 15.4. The Labute approximate surface area is 172 Å². The third kappa shape index (κ3) is 3.49. The van der Waals surface area contributed by atoms with Crippen LogP contribution in [0.5, 0.6) is 5.75 Å². The van der Waals surface area contributed by atoms with E-state index in [1.165, 1.54) is 0 Å². The van der Waals surface area contributed by atoms with Gasteiger partial charge < -0.3 is 14.2 Å². The van der Waals surface area contributed by atoms with Gasteiger partial charge in [0.05, 0.1) is 36.0 Å². The maximum atomic E-state index is 13.5. The van der Waals surface area contributed by atoms with Crippen molar-refractivity contribution in [2.45, 2.75) is 27.3 Å². The Kier molecular flexibility index (Phi) is 5.18. The zero-order valence-electron chi connectivity index (χ0n) is 17.2. The summed E-state index contributed by atoms with van der Waals surface area (Å²) in [6.45, 7) is 6.26. The van der Waals surface area contributed by atoms with Crippen molar-refractivity contribution in [3.05, 3.63) is 53.0 Å². The van der Waals surface area contributed by atoms with Gasteiger partial charge in [0.1, 0.15) is 17.1 Å². The highest BCUT2D eigenvalue weighted by atomic mass is 16.6. The van der Waals surface area contributed by atoms with Crippen LogP contribution in [0.15, 0.2) is 39.5 Å². The lowest BCUT2D eigenvalue weighted by atomic mass is 10.0. The van der Waals surface area contributed by atoms with Crippen molar-refractivity contribution in [3.8, 4) is 17.0 Å². The number of benzene rings is 1. The monoisotopic (exact) mass is 407 g/mol. The number of carbonyl (C=O) groups excluding carboxylic acids is 1. The van der Waals surface area contributed by atoms with Crippen LogP contribution in [-0.4, -0.2) is 44.9 Å². The van der Waals surface area contributed by atoms with E-state index in [0.29, 0.717) is 46.0 Å². The number of hydrogen-bond acceptors (Lipinski definition) is 8. The van der Waals surface area contributed by atoms with E-state index in [0.717, 1.165) is 11.3 Å². The van der Waals surface area contributed by atoms with Gasteiger partial charge in [-0.3, -0.25) is 4.79 Å². The summed E-state index contributed by atoms with van der Waals surface area (Å²) in [6, 6.07) is 9.21. The minimum atomic E-state index is -0.173. The lowest BCUT2D eigenvalue weighted by Gasteiger charge is -2.20. The molecule has 0 aliphatic carbocycles. The zero-order chi connectivity index (χ0) is 21.3. The number of ether oxygens (including phenoxy) is 1. The first-order valence-electron chi connectivity index (χ1n) is 9.50. The Hall–Kier alpha value is -3.75. The van der Waals surface area contributed by atoms with Crippen molar-refractivity contribution in [3.63, 3.8) is 0 Å². The molecule has 0 radical (unpaired) electrons. The molecule has 0 bridgehead atoms. The van der Waals surface area contributed by atoms with Gasteiger partial charge in [-0.1, -0.05) is 15.5 Å². The first kappa shape index (κ1) is 19.6. The second-order valence-electron chi connectivity index (χ2n) is 6.85. The summed E-state index contributed by atoms with van der Waals surface area (Å²) in [5, 5.41) is 12.3. The van der Waals surface area contributed by atoms with Crippen LogP contribution in [0.25, 0.3) is 22.4 Å². The van der Waals surface area contributed by atoms with E-state index in [1.54, 1.807) is 31.9 Å². The summed E-state index contributed by atoms with van der Waals surface area (Å²) in [4.78, 5) is 19.7. The molecule has 3 heterocycles. The third-order valence-electron chi connectivity index (χ3n) is 4.99. The third-order valence-corrected chi connectivity index (χ3v) is 4.99. The summed E-state index contributed by atoms with van der Waals surface area (Å²) in [6.07, 6.45) is 0. The van der Waals surface area contributed by atoms with E-state index in [4.69, 9.17) is 13.9 Å². The zero-order valence-corrected chi connectivity index (χ0v) is 17.2. The van der Waals surface area contributed by atoms with Gasteiger partial charge >= 0.3 is 0 Å². The number of pyridine rings is 1. The Bertz CT molecular complexity index is 1200. The van der Waals surface area contributed by atoms with Crippen LogP contribution in [0, 0.1) is 13.8 Å². The summed E-state index contributed by atoms with van der Waals surface area (Å²) in [5.41, 5.74) is 4.12. The summed E-state index contributed by atoms with van der Waals surface area (Å²) in [7, 11) is 1.61. The van der Waals surface area contributed by atoms with Crippen LogP contribution in [0.1, 0.15) is 34.4 Å². The predicted octanol–water partition coefficient (Wildman–Crippen LogP) is 3.56. The molecule has 0 N–H and O–H groups in total. The highest BCUT2D eigenvalue weighted by Crippen LogP contribution is 2.29. The number of aryl methyl sites for hydroxylation is 2. The number of carbonyl (C=O) groups is 1. The molecule has 9 nitrogen and oxygen atoms in total. The lowest BCUT2D eigenvalue weighted by Crippen LogP contribution is -2.31. The predicted molar refractivity (Wildman–Crippen MR) is 108 cm³/mol. The number of aromatic nitrogens is 4. The standard InChI is InChI=1S/C21H21N5O4/c1-5-26(11-18-12(2)24-30-25-18)21(27)16-10-17(14-6-8-15(28-4)9-7-14)22-20-19(16)13(3)23-29-20/h6-10H,5,11H2,1-4H3. The Morgan fingerprint density at radius 1 is 1.10 bits per heavy atom. The molecule has 0 saturated carbocycles. The smallest absolute Gasteiger partial charge is 0.259 e. The molecule has 1 aromatic carbocycles. The number of methoxy groups -OCH3 is 1. The molecule has 0 atom stereocenters. The topological polar surface area (TPSA) is 107 Å². The second kappa shape index (κ2) is 7.94. The normalized spacial score (nSPS) is 11.1. The van der Waals surface area contributed by atoms with Gasteiger partial charge in [-0.05, 0) is 51.1 Å². The first-order valence-corrected chi connectivity index (χ1v) is 9.50. The van der Waals surface area contributed by atoms with Gasteiger partial charge in [0.2, 0.25) is 0 Å². The van der Waals surface area contributed by atoms with E-state index in [9.17, 15) is 4.79 Å². The average molecular weight is 407 g/mol. The number of rotatable bonds is 6. The van der Waals surface area contributed by atoms with Gasteiger partial charge in [-0.25, -0.2) is 9.61 Å². The average Bonchev–Trinajstić information content (AvgIpc) is 3.36. The van der Waals surface area contributed by atoms with Crippen molar-refractivity contribution in [1.82, 2.24) is 25.4 Å². The number of amides is 1. The quantitative estimate of drug-likeness (QED) is 0.477. The molecule has 3 aromatic heterocycles. The fourth-order valence-electron chi connectivity index (χ4n) is 3.24. The summed E-state index contributed by atoms with van der Waals surface area (Å²) in [5.74, 6) is 0.564. The molecule has 9 heteroatoms. The molecule has 0 aliphatic heterocycles. The van der Waals surface area contributed by atoms with Gasteiger partial charge in [0.15, 0.2) is 0 Å². The second-order valence-corrected chi connectivity index (χ2v) is 6.85. The number of hydrogen-bond donors (Lipinski definition) is 0. The van der Waals surface area contributed by atoms with Crippen molar-refractivity contribution >= 4 is 17.0 Å². The van der Waals surface area contributed by atoms with Crippen LogP contribution < -0.4 is 4.74 Å². The molecule has 0 spiro atoms. The van der Waals surface area contributed by atoms with Crippen LogP contribution in [0.4, 0.5) is 0 Å². The first-order chi connectivity index (χ1) is 14.5. The lowest BCUT2D eigenvalue weighted by molar-refractivity contribution is 0.0750. The SMILES string of the molecule is CCN(Cc1nonc1C)C(=O)c1cc(-c2ccc(OC)cc2)nc2onc(C)c12. The molecule has 4 rings (SSSR count). The fraction of sp³-hybridized carbons (Fsp3) is 0.286. The van der Waals surface area contributed by atoms with Crippen LogP contribution in [0.3, 0.4) is 0 Å². The fourth-order valence-corrected chi connectivity index (χ4v) is 3.24. The van der Waals surface area contributed by atoms with Crippen LogP contribution in [0.2, 0.25) is 0 Å². The highest BCUT2D eigenvalue weighted by molar-refractivity contribution is 6.07. The Morgan fingerprint density at radius 3 is 2.50 bits per heavy atom. The van der Waals surface area contributed by atoms with Gasteiger partial charge in [-0.2, -0.15) is 0 Å². The van der Waals surface area contributed by atoms with E-state index in [1.807, 2.05) is 31.2 Å². The minimum absolute atomic E-state index is 0.173. The van der Waals surface area contributed by atoms with E-state index < -0.39 is 0 Å². The van der Waals surface area contributed by atoms with Crippen molar-refractivity contribution in [2.75, 3.05) is 13.7 Å². The maximum absolute atomic E-state index is 13.5. The van der Waals surface area contributed by atoms with Crippen molar-refractivity contribution < 1.29 is 18.7 Å². The van der Waals surface area contributed by atoms with E-state index in [-0.39, 0.29) is 12.5 Å². The van der Waals surface area contributed by atoms with Crippen molar-refractivity contribution in [1.29, 1.82) is 0 Å². The van der Waals surface area contributed by atoms with Gasteiger partial charge in [0.25, 0.3) is 11.6 Å². The molecule has 0 saturated heterocycles. The van der Waals surface area contributed by atoms with Crippen LogP contribution >= 0.6 is 0 Å². The molecule has 1 amide bonds. The number of fused-ring (bicyclic) bond motifs is 1. The maximum Gasteiger partial charge on any atom is 0.259 e. The molecule has 0 aliphatic rings. The molecule has 30 heavy (non-hydrogen) atoms. The van der Waals surface area contributed by atoms with Crippen LogP contribution in [-0.2, 0) is 6.54 Å². The molecule has 0 fully saturated rings. The molecular weight excluding hydrogens is 386 g/mol. The molecule has 154 valence electrons. The van der Waals surface area contributed by atoms with E-state index >= 15 is 0 Å². The van der Waals surface area contributed by atoms with Crippen molar-refractivity contribution in [2.24, 2.45) is 0 Å². The highest BCUT2D eigenvalue weighted by Gasteiger charge is 2.24.